The molecule has 1 amide bonds. The zero-order valence-electron chi connectivity index (χ0n) is 21.6. The molecule has 38 heavy (non-hydrogen) atoms. The van der Waals surface area contributed by atoms with Crippen LogP contribution < -0.4 is 16.6 Å². The van der Waals surface area contributed by atoms with E-state index in [0.717, 1.165) is 16.5 Å². The van der Waals surface area contributed by atoms with Gasteiger partial charge in [-0.25, -0.2) is 9.97 Å². The number of anilines is 2. The van der Waals surface area contributed by atoms with E-state index in [2.05, 4.69) is 15.3 Å². The third kappa shape index (κ3) is 4.70. The Kier molecular flexibility index (Phi) is 6.36. The van der Waals surface area contributed by atoms with E-state index >= 15 is 0 Å². The fourth-order valence-electron chi connectivity index (χ4n) is 4.93. The van der Waals surface area contributed by atoms with Crippen molar-refractivity contribution < 1.29 is 14.7 Å². The molecule has 1 aliphatic rings. The summed E-state index contributed by atoms with van der Waals surface area (Å²) in [5.74, 6) is -0.297. The molecule has 3 heterocycles. The molecule has 4 aromatic rings. The van der Waals surface area contributed by atoms with Crippen LogP contribution >= 0.6 is 0 Å². The van der Waals surface area contributed by atoms with Crippen LogP contribution in [-0.2, 0) is 20.0 Å². The first-order chi connectivity index (χ1) is 18.0. The maximum Gasteiger partial charge on any atom is 0.263 e. The number of carbonyl (C=O) groups is 2. The molecule has 0 saturated carbocycles. The van der Waals surface area contributed by atoms with E-state index in [9.17, 15) is 19.5 Å². The highest BCUT2D eigenvalue weighted by Crippen LogP contribution is 2.32. The maximum absolute atomic E-state index is 13.4. The number of nitrogens with one attached hydrogen (secondary N) is 1. The molecule has 0 spiro atoms. The Morgan fingerprint density at radius 2 is 1.87 bits per heavy atom. The van der Waals surface area contributed by atoms with Gasteiger partial charge < -0.3 is 25.3 Å². The normalized spacial score (nSPS) is 13.5. The van der Waals surface area contributed by atoms with Crippen molar-refractivity contribution in [2.24, 2.45) is 7.05 Å². The van der Waals surface area contributed by atoms with E-state index < -0.39 is 17.1 Å². The minimum atomic E-state index is -0.994. The van der Waals surface area contributed by atoms with Gasteiger partial charge in [0.05, 0.1) is 11.0 Å². The summed E-state index contributed by atoms with van der Waals surface area (Å²) >= 11 is 0. The lowest BCUT2D eigenvalue weighted by atomic mass is 9.92. The average Bonchev–Trinajstić information content (AvgIpc) is 3.21. The van der Waals surface area contributed by atoms with Gasteiger partial charge in [-0.2, -0.15) is 0 Å². The number of rotatable bonds is 6. The van der Waals surface area contributed by atoms with E-state index in [1.54, 1.807) is 26.0 Å². The van der Waals surface area contributed by atoms with Gasteiger partial charge in [0.1, 0.15) is 23.4 Å². The number of fused-ring (bicyclic) bond motifs is 2. The van der Waals surface area contributed by atoms with E-state index in [4.69, 9.17) is 5.73 Å². The summed E-state index contributed by atoms with van der Waals surface area (Å²) in [6.07, 6.45) is 5.26. The van der Waals surface area contributed by atoms with Crippen molar-refractivity contribution in [2.45, 2.75) is 51.7 Å². The van der Waals surface area contributed by atoms with Crippen LogP contribution in [0.15, 0.2) is 47.7 Å². The molecule has 0 aliphatic heterocycles. The van der Waals surface area contributed by atoms with Crippen molar-refractivity contribution in [2.75, 3.05) is 11.1 Å². The Hall–Kier alpha value is -4.31. The highest BCUT2D eigenvalue weighted by Gasteiger charge is 2.26. The number of amides is 1. The number of benzene rings is 1. The Morgan fingerprint density at radius 3 is 2.58 bits per heavy atom. The van der Waals surface area contributed by atoms with E-state index in [1.165, 1.54) is 17.0 Å². The van der Waals surface area contributed by atoms with Crippen molar-refractivity contribution >= 4 is 34.2 Å². The summed E-state index contributed by atoms with van der Waals surface area (Å²) in [5, 5.41) is 13.7. The lowest BCUT2D eigenvalue weighted by Gasteiger charge is -2.24. The lowest BCUT2D eigenvalue weighted by Crippen LogP contribution is -2.36. The molecule has 0 bridgehead atoms. The van der Waals surface area contributed by atoms with Gasteiger partial charge in [0.25, 0.3) is 11.5 Å². The molecule has 3 aromatic heterocycles. The first kappa shape index (κ1) is 25.3. The molecule has 1 aliphatic carbocycles. The van der Waals surface area contributed by atoms with Crippen LogP contribution in [0.2, 0.25) is 0 Å². The summed E-state index contributed by atoms with van der Waals surface area (Å²) in [4.78, 5) is 47.7. The van der Waals surface area contributed by atoms with E-state index in [-0.39, 0.29) is 17.9 Å². The largest absolute Gasteiger partial charge is 0.390 e. The molecule has 0 radical (unpaired) electrons. The fraction of sp³-hybridized carbons (Fsp3) is 0.321. The quantitative estimate of drug-likeness (QED) is 0.358. The van der Waals surface area contributed by atoms with Gasteiger partial charge in [0, 0.05) is 48.7 Å². The summed E-state index contributed by atoms with van der Waals surface area (Å²) in [6.45, 7) is 3.54. The maximum atomic E-state index is 13.4. The number of aliphatic hydroxyl groups is 1. The Balaban J connectivity index is 1.45. The number of nitrogens with zero attached hydrogens (tertiary/aromatic N) is 4. The minimum Gasteiger partial charge on any atom is -0.390 e. The predicted molar refractivity (Wildman–Crippen MR) is 145 cm³/mol. The summed E-state index contributed by atoms with van der Waals surface area (Å²) in [5.41, 5.74) is 8.52. The number of aryl methyl sites for hydroxylation is 1. The van der Waals surface area contributed by atoms with Gasteiger partial charge in [-0.3, -0.25) is 14.4 Å². The second-order valence-electron chi connectivity index (χ2n) is 10.4. The highest BCUT2D eigenvalue weighted by atomic mass is 16.3. The third-order valence-corrected chi connectivity index (χ3v) is 6.95. The molecule has 0 fully saturated rings. The number of aromatic nitrogens is 4. The van der Waals surface area contributed by atoms with E-state index in [1.807, 2.05) is 29.9 Å². The zero-order chi connectivity index (χ0) is 27.2. The standard InChI is InChI=1S/C28H30N6O4/c1-28(2,38)11-12-34-21-5-4-6-22(35)18(21)13-19(27(34)37)26(36)32-17-9-7-16(8-10-17)20-14-33(3)25-23(20)24(29)30-15-31-25/h7-10,13-15,38H,4-6,11-12H2,1-3H3,(H,32,36)(H2,29,30,31). The molecular weight excluding hydrogens is 484 g/mol. The van der Waals surface area contributed by atoms with Crippen molar-refractivity contribution in [3.63, 3.8) is 0 Å². The molecule has 5 rings (SSSR count). The summed E-state index contributed by atoms with van der Waals surface area (Å²) < 4.78 is 3.36. The van der Waals surface area contributed by atoms with Crippen LogP contribution in [0.1, 0.15) is 59.5 Å². The van der Waals surface area contributed by atoms with Crippen LogP contribution in [0.3, 0.4) is 0 Å². The number of Topliss-reactive ketones (excluding diaryl/α,β-unsaturated/α-hetero) is 1. The van der Waals surface area contributed by atoms with Crippen molar-refractivity contribution in [3.05, 3.63) is 70.0 Å². The molecule has 0 atom stereocenters. The molecule has 196 valence electrons. The van der Waals surface area contributed by atoms with Crippen LogP contribution in [-0.4, -0.2) is 41.5 Å². The molecule has 1 aromatic carbocycles. The van der Waals surface area contributed by atoms with Gasteiger partial charge in [-0.1, -0.05) is 12.1 Å². The molecular formula is C28H30N6O4. The molecule has 0 unspecified atom stereocenters. The van der Waals surface area contributed by atoms with Crippen LogP contribution in [0.4, 0.5) is 11.5 Å². The van der Waals surface area contributed by atoms with Crippen molar-refractivity contribution in [1.29, 1.82) is 0 Å². The third-order valence-electron chi connectivity index (χ3n) is 6.95. The zero-order valence-corrected chi connectivity index (χ0v) is 21.6. The van der Waals surface area contributed by atoms with Crippen molar-refractivity contribution in [1.82, 2.24) is 19.1 Å². The topological polar surface area (TPSA) is 145 Å². The van der Waals surface area contributed by atoms with Gasteiger partial charge >= 0.3 is 0 Å². The first-order valence-corrected chi connectivity index (χ1v) is 12.5. The summed E-state index contributed by atoms with van der Waals surface area (Å²) in [7, 11) is 1.88. The van der Waals surface area contributed by atoms with Crippen LogP contribution in [0, 0.1) is 0 Å². The van der Waals surface area contributed by atoms with Crippen molar-refractivity contribution in [3.8, 4) is 11.1 Å². The first-order valence-electron chi connectivity index (χ1n) is 12.5. The van der Waals surface area contributed by atoms with E-state index in [0.29, 0.717) is 54.1 Å². The second kappa shape index (κ2) is 9.53. The number of hydrogen-bond acceptors (Lipinski definition) is 7. The number of nitrogens with two attached hydrogens (primary N) is 1. The van der Waals surface area contributed by atoms with Gasteiger partial charge in [0.15, 0.2) is 5.78 Å². The number of hydrogen-bond donors (Lipinski definition) is 3. The molecule has 10 heteroatoms. The molecule has 4 N–H and O–H groups in total. The number of ketones is 1. The smallest absolute Gasteiger partial charge is 0.263 e. The second-order valence-corrected chi connectivity index (χ2v) is 10.4. The van der Waals surface area contributed by atoms with Gasteiger partial charge in [-0.05, 0) is 56.9 Å². The minimum absolute atomic E-state index is 0.0833. The lowest BCUT2D eigenvalue weighted by molar-refractivity contribution is 0.0656. The summed E-state index contributed by atoms with van der Waals surface area (Å²) in [6, 6.07) is 8.58. The van der Waals surface area contributed by atoms with Crippen LogP contribution in [0.5, 0.6) is 0 Å². The Bertz CT molecular complexity index is 1630. The molecule has 0 saturated heterocycles. The SMILES string of the molecule is Cn1cc(-c2ccc(NC(=O)c3cc4c(n(CCC(C)(C)O)c3=O)CCCC4=O)cc2)c2c(N)ncnc21. The monoisotopic (exact) mass is 514 g/mol. The average molecular weight is 515 g/mol. The number of pyridine rings is 1. The Labute approximate surface area is 219 Å². The van der Waals surface area contributed by atoms with Crippen LogP contribution in [0.25, 0.3) is 22.2 Å². The highest BCUT2D eigenvalue weighted by molar-refractivity contribution is 6.07. The Morgan fingerprint density at radius 1 is 1.13 bits per heavy atom. The predicted octanol–water partition coefficient (Wildman–Crippen LogP) is 3.31. The molecule has 10 nitrogen and oxygen atoms in total. The number of nitrogen functional groups attached to an aromatic ring is 1. The van der Waals surface area contributed by atoms with Gasteiger partial charge in [0.2, 0.25) is 0 Å². The van der Waals surface area contributed by atoms with Gasteiger partial charge in [-0.15, -0.1) is 0 Å². The fourth-order valence-corrected chi connectivity index (χ4v) is 4.93. The number of carbonyl (C=O) groups excluding carboxylic acids is 2.